The van der Waals surface area contributed by atoms with Crippen LogP contribution in [0.5, 0.6) is 0 Å². The Bertz CT molecular complexity index is 899. The minimum atomic E-state index is -0.540. The predicted octanol–water partition coefficient (Wildman–Crippen LogP) is 3.78. The normalized spacial score (nSPS) is 16.9. The summed E-state index contributed by atoms with van der Waals surface area (Å²) in [6.45, 7) is 6.34. The van der Waals surface area contributed by atoms with Crippen molar-refractivity contribution in [3.05, 3.63) is 29.6 Å². The molecule has 6 nitrogen and oxygen atoms in total. The first-order valence-corrected chi connectivity index (χ1v) is 10.4. The molecule has 148 valence electrons. The molecule has 0 saturated carbocycles. The molecule has 3 rings (SSSR count). The highest BCUT2D eigenvalue weighted by molar-refractivity contribution is 7.98. The highest BCUT2D eigenvalue weighted by Gasteiger charge is 2.28. The van der Waals surface area contributed by atoms with E-state index < -0.39 is 5.82 Å². The fourth-order valence-electron chi connectivity index (χ4n) is 3.30. The first kappa shape index (κ1) is 20.4. The van der Waals surface area contributed by atoms with Crippen LogP contribution in [-0.2, 0) is 4.74 Å². The Morgan fingerprint density at radius 3 is 2.79 bits per heavy atom. The van der Waals surface area contributed by atoms with Crippen LogP contribution in [0.15, 0.2) is 23.1 Å². The van der Waals surface area contributed by atoms with Gasteiger partial charge in [-0.1, -0.05) is 13.8 Å². The summed E-state index contributed by atoms with van der Waals surface area (Å²) in [7, 11) is 1.76. The topological polar surface area (TPSA) is 74.1 Å². The molecule has 1 atom stereocenters. The Balaban J connectivity index is 2.10. The number of hydrogen-bond donors (Lipinski definition) is 1. The molecule has 0 amide bonds. The van der Waals surface area contributed by atoms with Crippen LogP contribution < -0.4 is 10.2 Å². The van der Waals surface area contributed by atoms with Gasteiger partial charge in [0.1, 0.15) is 23.3 Å². The van der Waals surface area contributed by atoms with E-state index in [1.807, 2.05) is 18.4 Å². The van der Waals surface area contributed by atoms with Gasteiger partial charge in [0, 0.05) is 30.1 Å². The van der Waals surface area contributed by atoms with Crippen LogP contribution in [0.3, 0.4) is 0 Å². The third kappa shape index (κ3) is 4.05. The molecule has 0 radical (unpaired) electrons. The summed E-state index contributed by atoms with van der Waals surface area (Å²) in [5.74, 6) is 1.11. The van der Waals surface area contributed by atoms with Gasteiger partial charge in [-0.3, -0.25) is 0 Å². The average molecular weight is 402 g/mol. The van der Waals surface area contributed by atoms with Crippen LogP contribution in [0, 0.1) is 23.1 Å². The quantitative estimate of drug-likeness (QED) is 0.764. The Hall–Kier alpha value is -2.37. The van der Waals surface area contributed by atoms with Gasteiger partial charge in [-0.15, -0.1) is 11.8 Å². The lowest BCUT2D eigenvalue weighted by molar-refractivity contribution is 0.0802. The molecule has 0 bridgehead atoms. The number of nitrogens with one attached hydrogen (secondary N) is 1. The summed E-state index contributed by atoms with van der Waals surface area (Å²) < 4.78 is 20.1. The third-order valence-electron chi connectivity index (χ3n) is 4.85. The van der Waals surface area contributed by atoms with Crippen molar-refractivity contribution in [1.82, 2.24) is 9.97 Å². The molecule has 1 fully saturated rings. The lowest BCUT2D eigenvalue weighted by Gasteiger charge is -2.39. The largest absolute Gasteiger partial charge is 0.377 e. The molecule has 1 aliphatic heterocycles. The van der Waals surface area contributed by atoms with Crippen LogP contribution in [0.2, 0.25) is 0 Å². The molecule has 1 saturated heterocycles. The molecule has 28 heavy (non-hydrogen) atoms. The Labute approximate surface area is 169 Å². The first-order chi connectivity index (χ1) is 13.5. The highest BCUT2D eigenvalue weighted by Crippen LogP contribution is 2.32. The number of thioether (sulfide) groups is 1. The molecule has 1 aliphatic rings. The van der Waals surface area contributed by atoms with Gasteiger partial charge in [-0.05, 0) is 24.3 Å². The minimum absolute atomic E-state index is 0.0624. The molecule has 0 unspecified atom stereocenters. The highest BCUT2D eigenvalue weighted by atomic mass is 32.2. The van der Waals surface area contributed by atoms with E-state index in [4.69, 9.17) is 4.74 Å². The maximum atomic E-state index is 14.5. The Kier molecular flexibility index (Phi) is 6.37. The maximum absolute atomic E-state index is 14.5. The van der Waals surface area contributed by atoms with Gasteiger partial charge in [-0.25, -0.2) is 9.37 Å². The summed E-state index contributed by atoms with van der Waals surface area (Å²) in [6, 6.07) is 7.19. The minimum Gasteiger partial charge on any atom is -0.377 e. The van der Waals surface area contributed by atoms with Crippen LogP contribution >= 0.6 is 11.8 Å². The molecule has 2 heterocycles. The molecule has 1 aromatic heterocycles. The zero-order chi connectivity index (χ0) is 20.3. The number of benzene rings is 1. The van der Waals surface area contributed by atoms with Gasteiger partial charge in [0.05, 0.1) is 24.9 Å². The third-order valence-corrected chi connectivity index (χ3v) is 5.61. The lowest BCUT2D eigenvalue weighted by Crippen LogP contribution is -2.48. The summed E-state index contributed by atoms with van der Waals surface area (Å²) in [5.41, 5.74) is 1.30. The van der Waals surface area contributed by atoms with Crippen LogP contribution in [0.4, 0.5) is 16.2 Å². The van der Waals surface area contributed by atoms with Crippen molar-refractivity contribution in [2.45, 2.75) is 24.8 Å². The number of aromatic nitrogens is 2. The number of anilines is 2. The molecular weight excluding hydrogens is 377 g/mol. The average Bonchev–Trinajstić information content (AvgIpc) is 2.72. The summed E-state index contributed by atoms with van der Waals surface area (Å²) in [6.07, 6.45) is 1.82. The fourth-order valence-corrected chi connectivity index (χ4v) is 3.89. The Morgan fingerprint density at radius 2 is 2.14 bits per heavy atom. The van der Waals surface area contributed by atoms with E-state index in [-0.39, 0.29) is 11.6 Å². The zero-order valence-corrected chi connectivity index (χ0v) is 17.3. The summed E-state index contributed by atoms with van der Waals surface area (Å²) >= 11 is 1.34. The first-order valence-electron chi connectivity index (χ1n) is 9.17. The Morgan fingerprint density at radius 1 is 1.36 bits per heavy atom. The molecule has 8 heteroatoms. The van der Waals surface area contributed by atoms with E-state index in [1.54, 1.807) is 13.1 Å². The summed E-state index contributed by atoms with van der Waals surface area (Å²) in [4.78, 5) is 12.0. The number of ether oxygens (including phenoxy) is 1. The van der Waals surface area contributed by atoms with Gasteiger partial charge >= 0.3 is 0 Å². The zero-order valence-electron chi connectivity index (χ0n) is 16.5. The van der Waals surface area contributed by atoms with E-state index in [9.17, 15) is 9.65 Å². The molecule has 0 aliphatic carbocycles. The SMILES string of the molecule is CNc1nc(-c2cc(F)c(C#N)c(SC)c2)cc(N2CCOC[C@H]2C(C)C)n1. The number of morpholine rings is 1. The van der Waals surface area contributed by atoms with Gasteiger partial charge in [0.2, 0.25) is 5.95 Å². The summed E-state index contributed by atoms with van der Waals surface area (Å²) in [5, 5.41) is 12.2. The van der Waals surface area contributed by atoms with Crippen molar-refractivity contribution in [2.75, 3.05) is 43.3 Å². The molecule has 1 aromatic carbocycles. The van der Waals surface area contributed by atoms with Gasteiger partial charge in [0.25, 0.3) is 0 Å². The second-order valence-corrected chi connectivity index (χ2v) is 7.76. The number of nitrogens with zero attached hydrogens (tertiary/aromatic N) is 4. The van der Waals surface area contributed by atoms with E-state index in [2.05, 4.69) is 34.0 Å². The number of halogens is 1. The lowest BCUT2D eigenvalue weighted by atomic mass is 10.0. The van der Waals surface area contributed by atoms with Crippen molar-refractivity contribution < 1.29 is 9.13 Å². The van der Waals surface area contributed by atoms with Crippen LogP contribution in [-0.4, -0.2) is 49.1 Å². The van der Waals surface area contributed by atoms with E-state index in [1.165, 1.54) is 17.8 Å². The molecule has 1 N–H and O–H groups in total. The smallest absolute Gasteiger partial charge is 0.224 e. The van der Waals surface area contributed by atoms with E-state index >= 15 is 0 Å². The van der Waals surface area contributed by atoms with Gasteiger partial charge in [-0.2, -0.15) is 10.2 Å². The molecule has 0 spiro atoms. The van der Waals surface area contributed by atoms with Crippen molar-refractivity contribution in [2.24, 2.45) is 5.92 Å². The van der Waals surface area contributed by atoms with Crippen LogP contribution in [0.1, 0.15) is 19.4 Å². The second kappa shape index (κ2) is 8.76. The van der Waals surface area contributed by atoms with Crippen molar-refractivity contribution in [1.29, 1.82) is 5.26 Å². The predicted molar refractivity (Wildman–Crippen MR) is 110 cm³/mol. The van der Waals surface area contributed by atoms with Crippen molar-refractivity contribution >= 4 is 23.5 Å². The molecule has 2 aromatic rings. The monoisotopic (exact) mass is 401 g/mol. The second-order valence-electron chi connectivity index (χ2n) is 6.91. The van der Waals surface area contributed by atoms with Crippen molar-refractivity contribution in [3.8, 4) is 17.3 Å². The van der Waals surface area contributed by atoms with Gasteiger partial charge in [0.15, 0.2) is 0 Å². The fraction of sp³-hybridized carbons (Fsp3) is 0.450. The van der Waals surface area contributed by atoms with Crippen molar-refractivity contribution in [3.63, 3.8) is 0 Å². The molecular formula is C20H24FN5OS. The van der Waals surface area contributed by atoms with Gasteiger partial charge < -0.3 is 15.0 Å². The van der Waals surface area contributed by atoms with E-state index in [0.717, 1.165) is 12.4 Å². The van der Waals surface area contributed by atoms with E-state index in [0.29, 0.717) is 41.2 Å². The number of rotatable bonds is 5. The number of nitriles is 1. The number of hydrogen-bond acceptors (Lipinski definition) is 7. The maximum Gasteiger partial charge on any atom is 0.224 e. The standard InChI is InChI=1S/C20H24FN5OS/c1-12(2)17-11-27-6-5-26(17)19-9-16(24-20(23-3)25-19)13-7-15(21)14(10-22)18(8-13)28-4/h7-9,12,17H,5-6,11H2,1-4H3,(H,23,24,25)/t17-/m0/s1. The van der Waals surface area contributed by atoms with Crippen LogP contribution in [0.25, 0.3) is 11.3 Å².